The van der Waals surface area contributed by atoms with Gasteiger partial charge in [0.05, 0.1) is 29.1 Å². The molecule has 0 aromatic carbocycles. The van der Waals surface area contributed by atoms with Crippen molar-refractivity contribution in [3.8, 4) is 0 Å². The van der Waals surface area contributed by atoms with Gasteiger partial charge in [-0.1, -0.05) is 6.92 Å². The van der Waals surface area contributed by atoms with Gasteiger partial charge < -0.3 is 20.3 Å². The van der Waals surface area contributed by atoms with Crippen LogP contribution in [0.4, 0.5) is 0 Å². The van der Waals surface area contributed by atoms with E-state index in [0.29, 0.717) is 38.1 Å². The zero-order valence-electron chi connectivity index (χ0n) is 21.9. The Kier molecular flexibility index (Phi) is 9.18. The third-order valence-corrected chi connectivity index (χ3v) is 11.4. The second-order valence-corrected chi connectivity index (χ2v) is 14.0. The molecule has 12 atom stereocenters. The number of amides is 2. The van der Waals surface area contributed by atoms with E-state index in [1.807, 2.05) is 4.90 Å². The summed E-state index contributed by atoms with van der Waals surface area (Å²) in [6.07, 6.45) is 3.57. The van der Waals surface area contributed by atoms with Crippen molar-refractivity contribution in [3.05, 3.63) is 0 Å². The second kappa shape index (κ2) is 12.0. The van der Waals surface area contributed by atoms with E-state index in [2.05, 4.69) is 40.4 Å². The normalized spacial score (nSPS) is 46.5. The Hall–Kier alpha value is -0.330. The fourth-order valence-corrected chi connectivity index (χ4v) is 8.86. The summed E-state index contributed by atoms with van der Waals surface area (Å²) in [4.78, 5) is 28.6. The molecule has 5 aliphatic rings. The summed E-state index contributed by atoms with van der Waals surface area (Å²) in [7, 11) is 1.75. The van der Waals surface area contributed by atoms with E-state index in [1.54, 1.807) is 18.9 Å². The van der Waals surface area contributed by atoms with Crippen molar-refractivity contribution in [1.82, 2.24) is 31.5 Å². The molecular weight excluding hydrogens is 535 g/mol. The van der Waals surface area contributed by atoms with Crippen molar-refractivity contribution < 1.29 is 14.3 Å². The quantitative estimate of drug-likeness (QED) is 0.244. The highest BCUT2D eigenvalue weighted by atomic mass is 35.5. The zero-order valence-corrected chi connectivity index (χ0v) is 24.2. The molecule has 5 N–H and O–H groups in total. The lowest BCUT2D eigenvalue weighted by Crippen LogP contribution is -2.57. The number of methoxy groups -OCH3 is 1. The van der Waals surface area contributed by atoms with Crippen LogP contribution in [0.2, 0.25) is 0 Å². The van der Waals surface area contributed by atoms with Gasteiger partial charge in [-0.05, 0) is 50.4 Å². The molecule has 0 radical (unpaired) electrons. The first-order valence-electron chi connectivity index (χ1n) is 13.8. The summed E-state index contributed by atoms with van der Waals surface area (Å²) >= 11 is 14.6. The first-order valence-corrected chi connectivity index (χ1v) is 15.6. The predicted molar refractivity (Wildman–Crippen MR) is 147 cm³/mol. The Bertz CT molecular complexity index is 830. The van der Waals surface area contributed by atoms with Crippen LogP contribution in [0.1, 0.15) is 39.5 Å². The van der Waals surface area contributed by atoms with E-state index in [-0.39, 0.29) is 69.5 Å². The van der Waals surface area contributed by atoms with Crippen molar-refractivity contribution >= 4 is 46.8 Å². The van der Waals surface area contributed by atoms with Crippen LogP contribution in [0.25, 0.3) is 0 Å². The van der Waals surface area contributed by atoms with Gasteiger partial charge in [-0.2, -0.15) is 0 Å². The van der Waals surface area contributed by atoms with Crippen molar-refractivity contribution in [2.24, 2.45) is 23.7 Å². The number of carbonyl (C=O) groups is 2. The molecule has 0 bridgehead atoms. The van der Waals surface area contributed by atoms with Gasteiger partial charge >= 0.3 is 0 Å². The Morgan fingerprint density at radius 2 is 1.84 bits per heavy atom. The summed E-state index contributed by atoms with van der Waals surface area (Å²) in [5.74, 6) is 0.910. The molecule has 12 heteroatoms. The molecule has 5 saturated heterocycles. The number of hydrogen-bond donors (Lipinski definition) is 5. The largest absolute Gasteiger partial charge is 0.380 e. The molecule has 0 spiro atoms. The second-order valence-electron chi connectivity index (χ2n) is 11.6. The van der Waals surface area contributed by atoms with Gasteiger partial charge in [-0.3, -0.25) is 25.5 Å². The average Bonchev–Trinajstić information content (AvgIpc) is 3.44. The molecule has 5 heterocycles. The topological polar surface area (TPSA) is 107 Å². The lowest BCUT2D eigenvalue weighted by atomic mass is 9.70. The smallest absolute Gasteiger partial charge is 0.239 e. The number of thioether (sulfide) groups is 1. The molecule has 37 heavy (non-hydrogen) atoms. The summed E-state index contributed by atoms with van der Waals surface area (Å²) < 4.78 is 5.80. The van der Waals surface area contributed by atoms with Gasteiger partial charge in [0.1, 0.15) is 5.50 Å². The molecule has 9 nitrogen and oxygen atoms in total. The van der Waals surface area contributed by atoms with Gasteiger partial charge in [0, 0.05) is 50.6 Å². The standard InChI is InChI=1S/C25H42Cl2N6O3S/c1-12-4-5-17(30-22(12)27)24(35)33-10-18-20(11-33)37-25(31-18)32-23(34)16-8-28-13(2)6-14(16)15-7-21(26)29-9-19(15)36-3/h12-22,25,28-31H,4-11H2,1-3H3,(H,32,34). The number of halogens is 2. The number of hydrogen-bond acceptors (Lipinski definition) is 8. The van der Waals surface area contributed by atoms with E-state index in [0.717, 1.165) is 25.7 Å². The fraction of sp³-hybridized carbons (Fsp3) is 0.920. The zero-order chi connectivity index (χ0) is 26.3. The number of piperidine rings is 3. The third kappa shape index (κ3) is 6.21. The number of likely N-dealkylation sites (tertiary alicyclic amines) is 1. The van der Waals surface area contributed by atoms with Gasteiger partial charge in [0.15, 0.2) is 0 Å². The van der Waals surface area contributed by atoms with Crippen LogP contribution in [-0.4, -0.2) is 96.0 Å². The summed E-state index contributed by atoms with van der Waals surface area (Å²) in [5, 5.41) is 17.2. The van der Waals surface area contributed by atoms with Crippen molar-refractivity contribution in [2.75, 3.05) is 33.3 Å². The number of carbonyl (C=O) groups excluding carboxylic acids is 2. The number of fused-ring (bicyclic) bond motifs is 1. The average molecular weight is 578 g/mol. The molecule has 0 saturated carbocycles. The maximum absolute atomic E-state index is 13.6. The van der Waals surface area contributed by atoms with Crippen LogP contribution >= 0.6 is 35.0 Å². The van der Waals surface area contributed by atoms with Crippen LogP contribution in [-0.2, 0) is 14.3 Å². The Morgan fingerprint density at radius 3 is 2.57 bits per heavy atom. The maximum Gasteiger partial charge on any atom is 0.239 e. The minimum atomic E-state index is -0.199. The summed E-state index contributed by atoms with van der Waals surface area (Å²) in [6, 6.07) is 0.329. The van der Waals surface area contributed by atoms with Gasteiger partial charge in [0.2, 0.25) is 11.8 Å². The molecule has 2 amide bonds. The molecule has 5 fully saturated rings. The van der Waals surface area contributed by atoms with Crippen LogP contribution in [0.15, 0.2) is 0 Å². The van der Waals surface area contributed by atoms with E-state index in [9.17, 15) is 9.59 Å². The van der Waals surface area contributed by atoms with Gasteiger partial charge in [0.25, 0.3) is 0 Å². The Morgan fingerprint density at radius 1 is 1.03 bits per heavy atom. The first kappa shape index (κ1) is 28.2. The van der Waals surface area contributed by atoms with Crippen molar-refractivity contribution in [1.29, 1.82) is 0 Å². The third-order valence-electron chi connectivity index (χ3n) is 9.11. The number of nitrogens with one attached hydrogen (secondary N) is 5. The Labute approximate surface area is 234 Å². The molecule has 0 aliphatic carbocycles. The minimum Gasteiger partial charge on any atom is -0.380 e. The fourth-order valence-electron chi connectivity index (χ4n) is 6.88. The lowest BCUT2D eigenvalue weighted by Gasteiger charge is -2.45. The number of alkyl halides is 2. The molecule has 12 unspecified atom stereocenters. The number of rotatable bonds is 5. The van der Waals surface area contributed by atoms with E-state index in [1.165, 1.54) is 0 Å². The Balaban J connectivity index is 1.15. The molecule has 210 valence electrons. The first-order chi connectivity index (χ1) is 17.7. The highest BCUT2D eigenvalue weighted by Gasteiger charge is 2.47. The number of ether oxygens (including phenoxy) is 1. The summed E-state index contributed by atoms with van der Waals surface area (Å²) in [5.41, 5.74) is -0.394. The van der Waals surface area contributed by atoms with Crippen LogP contribution < -0.4 is 26.6 Å². The lowest BCUT2D eigenvalue weighted by molar-refractivity contribution is -0.133. The molecular formula is C25H42Cl2N6O3S. The van der Waals surface area contributed by atoms with E-state index < -0.39 is 0 Å². The maximum atomic E-state index is 13.6. The van der Waals surface area contributed by atoms with E-state index in [4.69, 9.17) is 27.9 Å². The molecule has 5 rings (SSSR count). The molecule has 5 aliphatic heterocycles. The van der Waals surface area contributed by atoms with Crippen molar-refractivity contribution in [3.63, 3.8) is 0 Å². The SMILES string of the molecule is COC1CNC(Cl)CC1C1CC(C)NCC1C(=O)NC1NC2CN(C(=O)C3CCC(C)C(Cl)N3)CC2S1. The minimum absolute atomic E-state index is 0.0541. The summed E-state index contributed by atoms with van der Waals surface area (Å²) in [6.45, 7) is 7.02. The van der Waals surface area contributed by atoms with Crippen molar-refractivity contribution in [2.45, 2.75) is 85.5 Å². The monoisotopic (exact) mass is 576 g/mol. The van der Waals surface area contributed by atoms with E-state index >= 15 is 0 Å². The molecule has 0 aromatic heterocycles. The van der Waals surface area contributed by atoms with Crippen LogP contribution in [0, 0.1) is 23.7 Å². The highest BCUT2D eigenvalue weighted by molar-refractivity contribution is 8.00. The molecule has 0 aromatic rings. The number of nitrogens with zero attached hydrogens (tertiary/aromatic N) is 1. The van der Waals surface area contributed by atoms with Gasteiger partial charge in [-0.15, -0.1) is 35.0 Å². The van der Waals surface area contributed by atoms with Crippen LogP contribution in [0.3, 0.4) is 0 Å². The van der Waals surface area contributed by atoms with Crippen LogP contribution in [0.5, 0.6) is 0 Å². The van der Waals surface area contributed by atoms with Gasteiger partial charge in [-0.25, -0.2) is 0 Å². The predicted octanol–water partition coefficient (Wildman–Crippen LogP) is 1.06. The highest BCUT2D eigenvalue weighted by Crippen LogP contribution is 2.38.